The standard InChI is InChI=1S/C20H24N2O/c1-15-5-4-6-18(12-15)20(23)22-9-7-21(8-10-22)19-13-16(2)11-17(3)14-19/h4-6,11-14H,7-10H2,1-3H3. The molecule has 1 heterocycles. The van der Waals surface area contributed by atoms with Gasteiger partial charge in [0.2, 0.25) is 0 Å². The molecule has 1 amide bonds. The highest BCUT2D eigenvalue weighted by molar-refractivity contribution is 5.94. The molecule has 3 nitrogen and oxygen atoms in total. The summed E-state index contributed by atoms with van der Waals surface area (Å²) < 4.78 is 0. The lowest BCUT2D eigenvalue weighted by atomic mass is 10.1. The highest BCUT2D eigenvalue weighted by Crippen LogP contribution is 2.21. The molecule has 1 aliphatic heterocycles. The predicted molar refractivity (Wildman–Crippen MR) is 95.2 cm³/mol. The number of hydrogen-bond acceptors (Lipinski definition) is 2. The summed E-state index contributed by atoms with van der Waals surface area (Å²) in [7, 11) is 0. The Morgan fingerprint density at radius 2 is 1.48 bits per heavy atom. The Balaban J connectivity index is 1.67. The molecule has 0 N–H and O–H groups in total. The summed E-state index contributed by atoms with van der Waals surface area (Å²) in [6.45, 7) is 9.62. The van der Waals surface area contributed by atoms with Crippen LogP contribution in [0.15, 0.2) is 42.5 Å². The maximum Gasteiger partial charge on any atom is 0.253 e. The summed E-state index contributed by atoms with van der Waals surface area (Å²) in [5.74, 6) is 0.147. The van der Waals surface area contributed by atoms with Gasteiger partial charge in [0.15, 0.2) is 0 Å². The number of carbonyl (C=O) groups is 1. The SMILES string of the molecule is Cc1cccc(C(=O)N2CCN(c3cc(C)cc(C)c3)CC2)c1. The summed E-state index contributed by atoms with van der Waals surface area (Å²) in [5.41, 5.74) is 5.77. The van der Waals surface area contributed by atoms with Gasteiger partial charge in [-0.15, -0.1) is 0 Å². The number of hydrogen-bond donors (Lipinski definition) is 0. The molecule has 0 aromatic heterocycles. The molecule has 0 radical (unpaired) electrons. The average molecular weight is 308 g/mol. The molecular formula is C20H24N2O. The zero-order valence-electron chi connectivity index (χ0n) is 14.2. The summed E-state index contributed by atoms with van der Waals surface area (Å²) >= 11 is 0. The fourth-order valence-corrected chi connectivity index (χ4v) is 3.26. The second-order valence-electron chi connectivity index (χ2n) is 6.49. The van der Waals surface area contributed by atoms with Crippen LogP contribution in [0.3, 0.4) is 0 Å². The van der Waals surface area contributed by atoms with Crippen molar-refractivity contribution in [2.75, 3.05) is 31.1 Å². The molecule has 23 heavy (non-hydrogen) atoms. The topological polar surface area (TPSA) is 23.6 Å². The molecular weight excluding hydrogens is 284 g/mol. The van der Waals surface area contributed by atoms with Crippen molar-refractivity contribution in [1.29, 1.82) is 0 Å². The molecule has 120 valence electrons. The van der Waals surface area contributed by atoms with Crippen molar-refractivity contribution in [1.82, 2.24) is 4.90 Å². The third-order valence-electron chi connectivity index (χ3n) is 4.40. The molecule has 2 aromatic carbocycles. The molecule has 3 heteroatoms. The lowest BCUT2D eigenvalue weighted by molar-refractivity contribution is 0.0746. The quantitative estimate of drug-likeness (QED) is 0.846. The lowest BCUT2D eigenvalue weighted by Gasteiger charge is -2.36. The number of piperazine rings is 1. The molecule has 0 saturated carbocycles. The Labute approximate surface area is 138 Å². The number of aryl methyl sites for hydroxylation is 3. The fraction of sp³-hybridized carbons (Fsp3) is 0.350. The zero-order chi connectivity index (χ0) is 16.4. The molecule has 0 atom stereocenters. The smallest absolute Gasteiger partial charge is 0.253 e. The van der Waals surface area contributed by atoms with Crippen molar-refractivity contribution >= 4 is 11.6 Å². The largest absolute Gasteiger partial charge is 0.368 e. The minimum Gasteiger partial charge on any atom is -0.368 e. The third kappa shape index (κ3) is 3.55. The Morgan fingerprint density at radius 1 is 0.826 bits per heavy atom. The first kappa shape index (κ1) is 15.6. The van der Waals surface area contributed by atoms with Crippen molar-refractivity contribution in [2.24, 2.45) is 0 Å². The van der Waals surface area contributed by atoms with E-state index in [0.717, 1.165) is 37.3 Å². The summed E-state index contributed by atoms with van der Waals surface area (Å²) in [6, 6.07) is 14.5. The highest BCUT2D eigenvalue weighted by Gasteiger charge is 2.22. The first-order chi connectivity index (χ1) is 11.0. The average Bonchev–Trinajstić information content (AvgIpc) is 2.53. The van der Waals surface area contributed by atoms with Gasteiger partial charge < -0.3 is 9.80 Å². The molecule has 1 fully saturated rings. The molecule has 0 bridgehead atoms. The summed E-state index contributed by atoms with van der Waals surface area (Å²) in [4.78, 5) is 17.0. The van der Waals surface area contributed by atoms with Gasteiger partial charge in [-0.2, -0.15) is 0 Å². The second-order valence-corrected chi connectivity index (χ2v) is 6.49. The van der Waals surface area contributed by atoms with Crippen molar-refractivity contribution in [3.05, 3.63) is 64.7 Å². The van der Waals surface area contributed by atoms with E-state index in [9.17, 15) is 4.79 Å². The van der Waals surface area contributed by atoms with Gasteiger partial charge in [0.05, 0.1) is 0 Å². The van der Waals surface area contributed by atoms with Gasteiger partial charge in [-0.1, -0.05) is 23.8 Å². The maximum absolute atomic E-state index is 12.6. The van der Waals surface area contributed by atoms with Crippen LogP contribution < -0.4 is 4.90 Å². The summed E-state index contributed by atoms with van der Waals surface area (Å²) in [6.07, 6.45) is 0. The van der Waals surface area contributed by atoms with Gasteiger partial charge in [-0.05, 0) is 56.2 Å². The van der Waals surface area contributed by atoms with Crippen molar-refractivity contribution < 1.29 is 4.79 Å². The number of carbonyl (C=O) groups excluding carboxylic acids is 1. The van der Waals surface area contributed by atoms with Gasteiger partial charge in [-0.3, -0.25) is 4.79 Å². The van der Waals surface area contributed by atoms with Crippen LogP contribution in [-0.4, -0.2) is 37.0 Å². The van der Waals surface area contributed by atoms with E-state index in [2.05, 4.69) is 36.9 Å². The zero-order valence-corrected chi connectivity index (χ0v) is 14.2. The van der Waals surface area contributed by atoms with E-state index >= 15 is 0 Å². The lowest BCUT2D eigenvalue weighted by Crippen LogP contribution is -2.48. The van der Waals surface area contributed by atoms with Gasteiger partial charge in [-0.25, -0.2) is 0 Å². The fourth-order valence-electron chi connectivity index (χ4n) is 3.26. The van der Waals surface area contributed by atoms with E-state index in [1.807, 2.05) is 36.1 Å². The minimum atomic E-state index is 0.147. The molecule has 1 saturated heterocycles. The van der Waals surface area contributed by atoms with Gasteiger partial charge in [0.1, 0.15) is 0 Å². The monoisotopic (exact) mass is 308 g/mol. The Kier molecular flexibility index (Phi) is 4.37. The number of rotatable bonds is 2. The van der Waals surface area contributed by atoms with Crippen LogP contribution in [0, 0.1) is 20.8 Å². The van der Waals surface area contributed by atoms with Crippen LogP contribution in [0.25, 0.3) is 0 Å². The van der Waals surface area contributed by atoms with Gasteiger partial charge >= 0.3 is 0 Å². The first-order valence-corrected chi connectivity index (χ1v) is 8.22. The van der Waals surface area contributed by atoms with Crippen LogP contribution in [0.1, 0.15) is 27.0 Å². The number of benzene rings is 2. The van der Waals surface area contributed by atoms with E-state index in [4.69, 9.17) is 0 Å². The number of amides is 1. The number of nitrogens with zero attached hydrogens (tertiary/aromatic N) is 2. The molecule has 1 aliphatic rings. The first-order valence-electron chi connectivity index (χ1n) is 8.22. The Morgan fingerprint density at radius 3 is 2.09 bits per heavy atom. The highest BCUT2D eigenvalue weighted by atomic mass is 16.2. The van der Waals surface area contributed by atoms with E-state index in [1.165, 1.54) is 16.8 Å². The molecule has 2 aromatic rings. The van der Waals surface area contributed by atoms with Crippen LogP contribution >= 0.6 is 0 Å². The second kappa shape index (κ2) is 6.45. The minimum absolute atomic E-state index is 0.147. The normalized spacial score (nSPS) is 14.9. The Hall–Kier alpha value is -2.29. The van der Waals surface area contributed by atoms with E-state index in [0.29, 0.717) is 0 Å². The maximum atomic E-state index is 12.6. The van der Waals surface area contributed by atoms with Crippen molar-refractivity contribution in [3.8, 4) is 0 Å². The van der Waals surface area contributed by atoms with Gasteiger partial charge in [0, 0.05) is 37.4 Å². The number of anilines is 1. The molecule has 0 spiro atoms. The third-order valence-corrected chi connectivity index (χ3v) is 4.40. The molecule has 0 aliphatic carbocycles. The molecule has 3 rings (SSSR count). The van der Waals surface area contributed by atoms with Gasteiger partial charge in [0.25, 0.3) is 5.91 Å². The van der Waals surface area contributed by atoms with Crippen LogP contribution in [0.2, 0.25) is 0 Å². The summed E-state index contributed by atoms with van der Waals surface area (Å²) in [5, 5.41) is 0. The van der Waals surface area contributed by atoms with E-state index < -0.39 is 0 Å². The van der Waals surface area contributed by atoms with Crippen molar-refractivity contribution in [2.45, 2.75) is 20.8 Å². The van der Waals surface area contributed by atoms with Crippen LogP contribution in [0.4, 0.5) is 5.69 Å². The van der Waals surface area contributed by atoms with Crippen LogP contribution in [-0.2, 0) is 0 Å². The Bertz CT molecular complexity index is 695. The van der Waals surface area contributed by atoms with Crippen LogP contribution in [0.5, 0.6) is 0 Å². The predicted octanol–water partition coefficient (Wildman–Crippen LogP) is 3.57. The molecule has 0 unspecified atom stereocenters. The van der Waals surface area contributed by atoms with E-state index in [-0.39, 0.29) is 5.91 Å². The van der Waals surface area contributed by atoms with Crippen molar-refractivity contribution in [3.63, 3.8) is 0 Å². The van der Waals surface area contributed by atoms with E-state index in [1.54, 1.807) is 0 Å².